The molecule has 2 aliphatic rings. The molecule has 0 amide bonds. The van der Waals surface area contributed by atoms with Crippen LogP contribution in [-0.4, -0.2) is 18.1 Å². The quantitative estimate of drug-likeness (QED) is 0.846. The average molecular weight is 262 g/mol. The van der Waals surface area contributed by atoms with Gasteiger partial charge in [0.1, 0.15) is 6.07 Å². The lowest BCUT2D eigenvalue weighted by molar-refractivity contribution is 0.414. The standard InChI is InChI=1S/C14H16ClN3/c15-14-7-13(2-1-9(14)8-16)18-11-3-4-12(18)6-10(17)5-11/h1-2,7,10-12H,3-6,17H2. The summed E-state index contributed by atoms with van der Waals surface area (Å²) in [4.78, 5) is 2.45. The molecule has 1 aromatic rings. The fraction of sp³-hybridized carbons (Fsp3) is 0.500. The van der Waals surface area contributed by atoms with Crippen molar-refractivity contribution in [3.63, 3.8) is 0 Å². The summed E-state index contributed by atoms with van der Waals surface area (Å²) in [5.41, 5.74) is 7.76. The molecule has 0 radical (unpaired) electrons. The number of hydrogen-bond donors (Lipinski definition) is 1. The van der Waals surface area contributed by atoms with Gasteiger partial charge < -0.3 is 10.6 Å². The maximum Gasteiger partial charge on any atom is 0.101 e. The van der Waals surface area contributed by atoms with Crippen molar-refractivity contribution in [1.82, 2.24) is 0 Å². The molecule has 2 unspecified atom stereocenters. The Morgan fingerprint density at radius 1 is 1.28 bits per heavy atom. The normalized spacial score (nSPS) is 30.3. The molecule has 18 heavy (non-hydrogen) atoms. The lowest BCUT2D eigenvalue weighted by Crippen LogP contribution is -2.47. The van der Waals surface area contributed by atoms with Crippen molar-refractivity contribution < 1.29 is 0 Å². The second kappa shape index (κ2) is 4.46. The lowest BCUT2D eigenvalue weighted by Gasteiger charge is -2.39. The first kappa shape index (κ1) is 11.8. The van der Waals surface area contributed by atoms with Gasteiger partial charge >= 0.3 is 0 Å². The molecule has 2 saturated heterocycles. The van der Waals surface area contributed by atoms with Crippen molar-refractivity contribution in [2.75, 3.05) is 4.90 Å². The number of nitrogens with zero attached hydrogens (tertiary/aromatic N) is 2. The highest BCUT2D eigenvalue weighted by molar-refractivity contribution is 6.32. The predicted molar refractivity (Wildman–Crippen MR) is 72.7 cm³/mol. The summed E-state index contributed by atoms with van der Waals surface area (Å²) < 4.78 is 0. The molecule has 0 aromatic heterocycles. The van der Waals surface area contributed by atoms with Crippen molar-refractivity contribution in [3.05, 3.63) is 28.8 Å². The predicted octanol–water partition coefficient (Wildman–Crippen LogP) is 2.67. The highest BCUT2D eigenvalue weighted by Gasteiger charge is 2.39. The maximum atomic E-state index is 8.91. The van der Waals surface area contributed by atoms with Gasteiger partial charge in [0.15, 0.2) is 0 Å². The fourth-order valence-electron chi connectivity index (χ4n) is 3.40. The fourth-order valence-corrected chi connectivity index (χ4v) is 3.61. The van der Waals surface area contributed by atoms with Crippen LogP contribution in [0.15, 0.2) is 18.2 Å². The number of benzene rings is 1. The van der Waals surface area contributed by atoms with Crippen LogP contribution in [-0.2, 0) is 0 Å². The third-order valence-electron chi connectivity index (χ3n) is 4.14. The monoisotopic (exact) mass is 261 g/mol. The van der Waals surface area contributed by atoms with Crippen molar-refractivity contribution in [2.24, 2.45) is 5.73 Å². The first-order valence-electron chi connectivity index (χ1n) is 6.42. The molecule has 2 fully saturated rings. The molecule has 4 heteroatoms. The molecule has 2 aliphatic heterocycles. The van der Waals surface area contributed by atoms with E-state index in [1.54, 1.807) is 0 Å². The average Bonchev–Trinajstić information content (AvgIpc) is 2.61. The number of rotatable bonds is 1. The topological polar surface area (TPSA) is 53.0 Å². The van der Waals surface area contributed by atoms with Gasteiger partial charge in [-0.1, -0.05) is 11.6 Å². The number of anilines is 1. The van der Waals surface area contributed by atoms with Crippen molar-refractivity contribution in [3.8, 4) is 6.07 Å². The Morgan fingerprint density at radius 3 is 2.50 bits per heavy atom. The van der Waals surface area contributed by atoms with E-state index in [0.717, 1.165) is 18.5 Å². The Morgan fingerprint density at radius 2 is 1.94 bits per heavy atom. The Bertz CT molecular complexity index is 494. The van der Waals surface area contributed by atoms with E-state index in [9.17, 15) is 0 Å². The molecule has 0 spiro atoms. The van der Waals surface area contributed by atoms with Gasteiger partial charge in [0.05, 0.1) is 10.6 Å². The molecule has 0 aliphatic carbocycles. The molecular formula is C14H16ClN3. The van der Waals surface area contributed by atoms with Gasteiger partial charge in [0.2, 0.25) is 0 Å². The van der Waals surface area contributed by atoms with Gasteiger partial charge in [-0.3, -0.25) is 0 Å². The Balaban J connectivity index is 1.92. The number of piperidine rings is 1. The van der Waals surface area contributed by atoms with E-state index < -0.39 is 0 Å². The second-order valence-electron chi connectivity index (χ2n) is 5.30. The molecule has 94 valence electrons. The van der Waals surface area contributed by atoms with Crippen LogP contribution in [0.5, 0.6) is 0 Å². The third-order valence-corrected chi connectivity index (χ3v) is 4.45. The summed E-state index contributed by atoms with van der Waals surface area (Å²) in [5, 5.41) is 9.45. The molecular weight excluding hydrogens is 246 g/mol. The number of hydrogen-bond acceptors (Lipinski definition) is 3. The van der Waals surface area contributed by atoms with Gasteiger partial charge in [-0.05, 0) is 43.9 Å². The number of halogens is 1. The number of nitrogens with two attached hydrogens (primary N) is 1. The molecule has 2 bridgehead atoms. The second-order valence-corrected chi connectivity index (χ2v) is 5.71. The lowest BCUT2D eigenvalue weighted by atomic mass is 9.97. The molecule has 2 N–H and O–H groups in total. The minimum absolute atomic E-state index is 0.340. The van der Waals surface area contributed by atoms with Crippen LogP contribution in [0.25, 0.3) is 0 Å². The Labute approximate surface area is 112 Å². The zero-order valence-electron chi connectivity index (χ0n) is 10.1. The Kier molecular flexibility index (Phi) is 2.93. The van der Waals surface area contributed by atoms with Crippen LogP contribution < -0.4 is 10.6 Å². The van der Waals surface area contributed by atoms with E-state index >= 15 is 0 Å². The van der Waals surface area contributed by atoms with E-state index in [1.165, 1.54) is 12.8 Å². The number of fused-ring (bicyclic) bond motifs is 2. The first-order valence-corrected chi connectivity index (χ1v) is 6.80. The smallest absolute Gasteiger partial charge is 0.101 e. The van der Waals surface area contributed by atoms with E-state index in [-0.39, 0.29) is 0 Å². The van der Waals surface area contributed by atoms with E-state index in [1.807, 2.05) is 18.2 Å². The molecule has 1 aromatic carbocycles. The van der Waals surface area contributed by atoms with Gasteiger partial charge in [-0.25, -0.2) is 0 Å². The van der Waals surface area contributed by atoms with Crippen LogP contribution in [0.1, 0.15) is 31.2 Å². The summed E-state index contributed by atoms with van der Waals surface area (Å²) in [6.45, 7) is 0. The van der Waals surface area contributed by atoms with Gasteiger partial charge in [-0.2, -0.15) is 5.26 Å². The van der Waals surface area contributed by atoms with Crippen LogP contribution >= 0.6 is 11.6 Å². The van der Waals surface area contributed by atoms with Crippen LogP contribution in [0, 0.1) is 11.3 Å². The van der Waals surface area contributed by atoms with Crippen LogP contribution in [0.4, 0.5) is 5.69 Å². The minimum atomic E-state index is 0.340. The van der Waals surface area contributed by atoms with E-state index in [4.69, 9.17) is 22.6 Å². The van der Waals surface area contributed by atoms with Crippen LogP contribution in [0.3, 0.4) is 0 Å². The van der Waals surface area contributed by atoms with Crippen molar-refractivity contribution in [1.29, 1.82) is 5.26 Å². The summed E-state index contributed by atoms with van der Waals surface area (Å²) in [5.74, 6) is 0. The van der Waals surface area contributed by atoms with Gasteiger partial charge in [0.25, 0.3) is 0 Å². The summed E-state index contributed by atoms with van der Waals surface area (Å²) in [7, 11) is 0. The molecule has 2 heterocycles. The van der Waals surface area contributed by atoms with Crippen molar-refractivity contribution in [2.45, 2.75) is 43.8 Å². The molecule has 3 rings (SSSR count). The van der Waals surface area contributed by atoms with Gasteiger partial charge in [0, 0.05) is 23.8 Å². The van der Waals surface area contributed by atoms with Gasteiger partial charge in [-0.15, -0.1) is 0 Å². The number of nitriles is 1. The summed E-state index contributed by atoms with van der Waals surface area (Å²) >= 11 is 6.12. The molecule has 3 nitrogen and oxygen atoms in total. The zero-order valence-corrected chi connectivity index (χ0v) is 10.9. The highest BCUT2D eigenvalue weighted by atomic mass is 35.5. The third kappa shape index (κ3) is 1.86. The van der Waals surface area contributed by atoms with Crippen molar-refractivity contribution >= 4 is 17.3 Å². The van der Waals surface area contributed by atoms with E-state index in [2.05, 4.69) is 11.0 Å². The van der Waals surface area contributed by atoms with Crippen LogP contribution in [0.2, 0.25) is 5.02 Å². The SMILES string of the molecule is N#Cc1ccc(N2C3CCC2CC(N)C3)cc1Cl. The largest absolute Gasteiger partial charge is 0.365 e. The molecule has 2 atom stereocenters. The first-order chi connectivity index (χ1) is 8.69. The summed E-state index contributed by atoms with van der Waals surface area (Å²) in [6.07, 6.45) is 4.56. The molecule has 0 saturated carbocycles. The highest BCUT2D eigenvalue weighted by Crippen LogP contribution is 2.39. The Hall–Kier alpha value is -1.24. The maximum absolute atomic E-state index is 8.91. The van der Waals surface area contributed by atoms with E-state index in [0.29, 0.717) is 28.7 Å². The zero-order chi connectivity index (χ0) is 12.7. The summed E-state index contributed by atoms with van der Waals surface area (Å²) in [6, 6.07) is 9.27. The minimum Gasteiger partial charge on any atom is -0.365 e.